The molecule has 0 aromatic rings. The van der Waals surface area contributed by atoms with E-state index in [0.29, 0.717) is 18.6 Å². The van der Waals surface area contributed by atoms with Crippen molar-refractivity contribution < 1.29 is 9.90 Å². The van der Waals surface area contributed by atoms with Gasteiger partial charge in [-0.15, -0.1) is 0 Å². The number of aliphatic hydroxyl groups excluding tert-OH is 1. The van der Waals surface area contributed by atoms with Crippen molar-refractivity contribution in [3.63, 3.8) is 0 Å². The summed E-state index contributed by atoms with van der Waals surface area (Å²) in [6.45, 7) is 9.42. The molecule has 0 saturated heterocycles. The van der Waals surface area contributed by atoms with Gasteiger partial charge in [0.2, 0.25) is 0 Å². The summed E-state index contributed by atoms with van der Waals surface area (Å²) in [7, 11) is 0. The highest BCUT2D eigenvalue weighted by molar-refractivity contribution is 5.57. The highest BCUT2D eigenvalue weighted by Crippen LogP contribution is 2.20. The molecule has 0 bridgehead atoms. The maximum absolute atomic E-state index is 9.89. The van der Waals surface area contributed by atoms with E-state index in [1.54, 1.807) is 0 Å². The number of carbonyl (C=O) groups is 1. The Morgan fingerprint density at radius 1 is 0.545 bits per heavy atom. The standard InChI is InChI=1S/C17H36O.C15H29N.C9H18O/c1-3-5-7-9-11-13-15-17(16-18)14-12-10-8-6-4-2;1-2-3-4-5-6-7-11-14-16-15-12-9-8-10-13-15;1-2-3-4-5-6-7-8-9-10/h17-18H,3-16H2,1-2H3;14-15H,2-13H2,1H3;9H,2-8H2,1H3. The number of aliphatic imine (C=N–C) groups is 1. The Morgan fingerprint density at radius 2 is 0.932 bits per heavy atom. The van der Waals surface area contributed by atoms with E-state index < -0.39 is 0 Å². The second-order valence-corrected chi connectivity index (χ2v) is 13.7. The van der Waals surface area contributed by atoms with Crippen LogP contribution in [0.4, 0.5) is 0 Å². The summed E-state index contributed by atoms with van der Waals surface area (Å²) in [6.07, 6.45) is 45.5. The Labute approximate surface area is 278 Å². The van der Waals surface area contributed by atoms with Crippen molar-refractivity contribution in [2.45, 2.75) is 239 Å². The molecular formula is C41H83NO2. The molecule has 0 aromatic heterocycles. The van der Waals surface area contributed by atoms with Crippen LogP contribution in [0, 0.1) is 5.92 Å². The van der Waals surface area contributed by atoms with Gasteiger partial charge in [-0.25, -0.2) is 0 Å². The summed E-state index contributed by atoms with van der Waals surface area (Å²) in [5.74, 6) is 0.581. The number of aldehydes is 1. The lowest BCUT2D eigenvalue weighted by atomic mass is 9.95. The Hall–Kier alpha value is -0.700. The number of unbranched alkanes of at least 4 members (excludes halogenated alkanes) is 21. The van der Waals surface area contributed by atoms with Crippen LogP contribution in [0.3, 0.4) is 0 Å². The van der Waals surface area contributed by atoms with Gasteiger partial charge in [-0.3, -0.25) is 4.99 Å². The fourth-order valence-electron chi connectivity index (χ4n) is 6.05. The zero-order chi connectivity index (χ0) is 32.6. The van der Waals surface area contributed by atoms with Crippen molar-refractivity contribution in [2.24, 2.45) is 10.9 Å². The second-order valence-electron chi connectivity index (χ2n) is 13.7. The van der Waals surface area contributed by atoms with Gasteiger partial charge in [-0.2, -0.15) is 0 Å². The summed E-state index contributed by atoms with van der Waals surface area (Å²) < 4.78 is 0. The summed E-state index contributed by atoms with van der Waals surface area (Å²) in [5.41, 5.74) is 0. The zero-order valence-electron chi connectivity index (χ0n) is 30.9. The molecule has 0 radical (unpaired) electrons. The lowest BCUT2D eigenvalue weighted by Crippen LogP contribution is -2.09. The third kappa shape index (κ3) is 39.3. The molecule has 1 unspecified atom stereocenters. The van der Waals surface area contributed by atoms with E-state index in [1.165, 1.54) is 193 Å². The molecule has 1 aliphatic carbocycles. The minimum Gasteiger partial charge on any atom is -0.396 e. The molecule has 44 heavy (non-hydrogen) atoms. The van der Waals surface area contributed by atoms with Crippen LogP contribution in [0.2, 0.25) is 0 Å². The highest BCUT2D eigenvalue weighted by Gasteiger charge is 2.10. The van der Waals surface area contributed by atoms with Crippen LogP contribution in [0.5, 0.6) is 0 Å². The van der Waals surface area contributed by atoms with Crippen molar-refractivity contribution in [1.82, 2.24) is 0 Å². The van der Waals surface area contributed by atoms with Gasteiger partial charge < -0.3 is 9.90 Å². The molecule has 0 amide bonds. The molecule has 1 N–H and O–H groups in total. The fourth-order valence-corrected chi connectivity index (χ4v) is 6.05. The average Bonchev–Trinajstić information content (AvgIpc) is 3.05. The van der Waals surface area contributed by atoms with Gasteiger partial charge >= 0.3 is 0 Å². The van der Waals surface area contributed by atoms with Crippen LogP contribution >= 0.6 is 0 Å². The Kier molecular flexibility index (Phi) is 43.7. The van der Waals surface area contributed by atoms with Gasteiger partial charge in [0.15, 0.2) is 0 Å². The van der Waals surface area contributed by atoms with Gasteiger partial charge in [0.25, 0.3) is 0 Å². The molecule has 1 aliphatic rings. The topological polar surface area (TPSA) is 49.7 Å². The minimum absolute atomic E-state index is 0.405. The maximum atomic E-state index is 9.89. The third-order valence-corrected chi connectivity index (χ3v) is 9.19. The van der Waals surface area contributed by atoms with Crippen molar-refractivity contribution >= 4 is 12.5 Å². The molecule has 0 heterocycles. The molecule has 1 rings (SSSR count). The van der Waals surface area contributed by atoms with Crippen molar-refractivity contribution in [3.8, 4) is 0 Å². The van der Waals surface area contributed by atoms with Crippen molar-refractivity contribution in [2.75, 3.05) is 6.61 Å². The van der Waals surface area contributed by atoms with Crippen molar-refractivity contribution in [1.29, 1.82) is 0 Å². The summed E-state index contributed by atoms with van der Waals surface area (Å²) >= 11 is 0. The van der Waals surface area contributed by atoms with Gasteiger partial charge in [0, 0.05) is 19.1 Å². The van der Waals surface area contributed by atoms with E-state index in [0.717, 1.165) is 19.1 Å². The van der Waals surface area contributed by atoms with Gasteiger partial charge in [0.05, 0.1) is 0 Å². The number of hydrogen-bond acceptors (Lipinski definition) is 3. The smallest absolute Gasteiger partial charge is 0.119 e. The first-order chi connectivity index (χ1) is 21.7. The van der Waals surface area contributed by atoms with Crippen LogP contribution in [-0.4, -0.2) is 30.3 Å². The molecule has 1 fully saturated rings. The van der Waals surface area contributed by atoms with Crippen LogP contribution in [0.15, 0.2) is 4.99 Å². The first-order valence-electron chi connectivity index (χ1n) is 20.3. The molecule has 1 saturated carbocycles. The molecule has 0 spiro atoms. The van der Waals surface area contributed by atoms with Crippen LogP contribution in [0.25, 0.3) is 0 Å². The first kappa shape index (κ1) is 45.4. The SMILES string of the molecule is CCCCCCCCC(CO)CCCCCCC.CCCCCCCCC=NC1CCCCC1.CCCCCCCCC=O. The summed E-state index contributed by atoms with van der Waals surface area (Å²) in [6, 6.07) is 0.675. The molecule has 264 valence electrons. The highest BCUT2D eigenvalue weighted by atomic mass is 16.3. The molecule has 3 nitrogen and oxygen atoms in total. The van der Waals surface area contributed by atoms with E-state index in [9.17, 15) is 9.90 Å². The predicted molar refractivity (Wildman–Crippen MR) is 199 cm³/mol. The van der Waals surface area contributed by atoms with Gasteiger partial charge in [0.1, 0.15) is 6.29 Å². The summed E-state index contributed by atoms with van der Waals surface area (Å²) in [5, 5.41) is 9.37. The number of nitrogens with zero attached hydrogens (tertiary/aromatic N) is 1. The van der Waals surface area contributed by atoms with E-state index in [-0.39, 0.29) is 0 Å². The maximum Gasteiger partial charge on any atom is 0.119 e. The van der Waals surface area contributed by atoms with Gasteiger partial charge in [-0.1, -0.05) is 182 Å². The molecule has 0 aliphatic heterocycles. The lowest BCUT2D eigenvalue weighted by Gasteiger charge is -2.17. The Balaban J connectivity index is 0. The molecule has 3 heteroatoms. The average molecular weight is 622 g/mol. The third-order valence-electron chi connectivity index (χ3n) is 9.19. The monoisotopic (exact) mass is 622 g/mol. The van der Waals surface area contributed by atoms with E-state index in [4.69, 9.17) is 4.99 Å². The fraction of sp³-hybridized carbons (Fsp3) is 0.951. The Bertz CT molecular complexity index is 529. The van der Waals surface area contributed by atoms with Crippen LogP contribution < -0.4 is 0 Å². The minimum atomic E-state index is 0.405. The van der Waals surface area contributed by atoms with E-state index >= 15 is 0 Å². The number of hydrogen-bond donors (Lipinski definition) is 1. The summed E-state index contributed by atoms with van der Waals surface area (Å²) in [4.78, 5) is 14.6. The quantitative estimate of drug-likeness (QED) is 0.0513. The number of rotatable bonds is 29. The second kappa shape index (κ2) is 42.3. The lowest BCUT2D eigenvalue weighted by molar-refractivity contribution is -0.107. The largest absolute Gasteiger partial charge is 0.396 e. The molecule has 0 aromatic carbocycles. The zero-order valence-corrected chi connectivity index (χ0v) is 30.9. The molecule has 1 atom stereocenters. The van der Waals surface area contributed by atoms with Crippen LogP contribution in [0.1, 0.15) is 233 Å². The molecular weight excluding hydrogens is 538 g/mol. The van der Waals surface area contributed by atoms with Gasteiger partial charge in [-0.05, 0) is 57.1 Å². The van der Waals surface area contributed by atoms with E-state index in [1.807, 2.05) is 0 Å². The normalized spacial score (nSPS) is 14.1. The van der Waals surface area contributed by atoms with Crippen molar-refractivity contribution in [3.05, 3.63) is 0 Å². The number of carbonyl (C=O) groups excluding carboxylic acids is 1. The predicted octanol–water partition coefficient (Wildman–Crippen LogP) is 13.8. The van der Waals surface area contributed by atoms with E-state index in [2.05, 4.69) is 33.9 Å². The van der Waals surface area contributed by atoms with Crippen LogP contribution in [-0.2, 0) is 4.79 Å². The number of aliphatic hydroxyl groups is 1. The Morgan fingerprint density at radius 3 is 1.34 bits per heavy atom. The first-order valence-corrected chi connectivity index (χ1v) is 20.3.